The number of hydrogen-bond acceptors (Lipinski definition) is 4. The molecule has 0 aliphatic rings. The van der Waals surface area contributed by atoms with Gasteiger partial charge in [-0.2, -0.15) is 5.10 Å². The summed E-state index contributed by atoms with van der Waals surface area (Å²) in [7, 11) is 0. The number of aryl methyl sites for hydroxylation is 3. The minimum absolute atomic E-state index is 0.0625. The van der Waals surface area contributed by atoms with Crippen LogP contribution in [0.3, 0.4) is 0 Å². The first-order chi connectivity index (χ1) is 10.5. The first kappa shape index (κ1) is 16.7. The van der Waals surface area contributed by atoms with Crippen LogP contribution in [-0.2, 0) is 4.79 Å². The Bertz CT molecular complexity index is 691. The second-order valence-electron chi connectivity index (χ2n) is 4.88. The molecule has 116 valence electrons. The summed E-state index contributed by atoms with van der Waals surface area (Å²) >= 11 is 5.04. The third-order valence-corrected chi connectivity index (χ3v) is 5.18. The summed E-state index contributed by atoms with van der Waals surface area (Å²) in [4.78, 5) is 13.8. The fraction of sp³-hybridized carbons (Fsp3) is 0.250. The third kappa shape index (κ3) is 4.68. The zero-order valence-electron chi connectivity index (χ0n) is 12.6. The van der Waals surface area contributed by atoms with Gasteiger partial charge in [0, 0.05) is 14.2 Å². The molecule has 1 aromatic heterocycles. The van der Waals surface area contributed by atoms with E-state index in [1.54, 1.807) is 17.6 Å². The van der Waals surface area contributed by atoms with Crippen LogP contribution in [0.2, 0.25) is 0 Å². The number of carbonyl (C=O) groups is 1. The molecule has 0 saturated heterocycles. The van der Waals surface area contributed by atoms with E-state index in [2.05, 4.69) is 26.5 Å². The Morgan fingerprint density at radius 1 is 1.32 bits per heavy atom. The summed E-state index contributed by atoms with van der Waals surface area (Å²) < 4.78 is 6.48. The number of nitrogens with one attached hydrogen (secondary N) is 1. The van der Waals surface area contributed by atoms with Gasteiger partial charge in [-0.05, 0) is 66.0 Å². The van der Waals surface area contributed by atoms with Crippen LogP contribution in [-0.4, -0.2) is 18.7 Å². The van der Waals surface area contributed by atoms with E-state index in [4.69, 9.17) is 4.74 Å². The number of ether oxygens (including phenoxy) is 1. The highest BCUT2D eigenvalue weighted by Crippen LogP contribution is 2.24. The lowest BCUT2D eigenvalue weighted by molar-refractivity contribution is -0.123. The number of carbonyl (C=O) groups excluding carboxylic acids is 1. The molecule has 2 rings (SSSR count). The normalized spacial score (nSPS) is 10.9. The van der Waals surface area contributed by atoms with Crippen LogP contribution >= 0.6 is 27.3 Å². The van der Waals surface area contributed by atoms with Gasteiger partial charge in [-0.3, -0.25) is 4.79 Å². The lowest BCUT2D eigenvalue weighted by atomic mass is 10.1. The number of amides is 1. The number of hydrazone groups is 1. The van der Waals surface area contributed by atoms with Crippen molar-refractivity contribution in [1.29, 1.82) is 0 Å². The lowest BCUT2D eigenvalue weighted by Gasteiger charge is -2.07. The van der Waals surface area contributed by atoms with E-state index in [1.165, 1.54) is 10.4 Å². The number of thiophene rings is 1. The average Bonchev–Trinajstić information content (AvgIpc) is 2.79. The zero-order chi connectivity index (χ0) is 16.1. The van der Waals surface area contributed by atoms with Crippen LogP contribution in [0.25, 0.3) is 0 Å². The maximum absolute atomic E-state index is 11.7. The molecule has 0 aliphatic heterocycles. The molecule has 0 radical (unpaired) electrons. The van der Waals surface area contributed by atoms with Gasteiger partial charge in [0.1, 0.15) is 5.75 Å². The molecule has 0 aliphatic carbocycles. The summed E-state index contributed by atoms with van der Waals surface area (Å²) in [5, 5.41) is 3.92. The molecule has 6 heteroatoms. The predicted molar refractivity (Wildman–Crippen MR) is 93.9 cm³/mol. The quantitative estimate of drug-likeness (QED) is 0.630. The van der Waals surface area contributed by atoms with Crippen molar-refractivity contribution >= 4 is 39.4 Å². The maximum Gasteiger partial charge on any atom is 0.277 e. The standard InChI is InChI=1S/C16H17BrN2O2S/c1-10-4-5-13(6-11(10)2)21-9-16(20)19-18-8-14-7-15(17)12(3)22-14/h4-8H,9H2,1-3H3,(H,19,20). The van der Waals surface area contributed by atoms with Gasteiger partial charge in [0.2, 0.25) is 0 Å². The van der Waals surface area contributed by atoms with E-state index < -0.39 is 0 Å². The molecule has 0 unspecified atom stereocenters. The highest BCUT2D eigenvalue weighted by molar-refractivity contribution is 9.10. The first-order valence-corrected chi connectivity index (χ1v) is 8.34. The number of benzene rings is 1. The molecule has 0 saturated carbocycles. The molecule has 0 atom stereocenters. The van der Waals surface area contributed by atoms with Gasteiger partial charge in [-0.1, -0.05) is 6.07 Å². The summed E-state index contributed by atoms with van der Waals surface area (Å²) in [6, 6.07) is 7.70. The monoisotopic (exact) mass is 380 g/mol. The first-order valence-electron chi connectivity index (χ1n) is 6.73. The second kappa shape index (κ2) is 7.56. The highest BCUT2D eigenvalue weighted by atomic mass is 79.9. The zero-order valence-corrected chi connectivity index (χ0v) is 15.0. The molecule has 1 aromatic carbocycles. The number of halogens is 1. The molecule has 2 aromatic rings. The van der Waals surface area contributed by atoms with Crippen molar-refractivity contribution in [2.75, 3.05) is 6.61 Å². The topological polar surface area (TPSA) is 50.7 Å². The van der Waals surface area contributed by atoms with Crippen LogP contribution < -0.4 is 10.2 Å². The number of hydrogen-bond donors (Lipinski definition) is 1. The van der Waals surface area contributed by atoms with Crippen molar-refractivity contribution < 1.29 is 9.53 Å². The molecular formula is C16H17BrN2O2S. The van der Waals surface area contributed by atoms with E-state index in [0.29, 0.717) is 5.75 Å². The molecule has 0 spiro atoms. The van der Waals surface area contributed by atoms with Gasteiger partial charge in [-0.25, -0.2) is 5.43 Å². The Balaban J connectivity index is 1.81. The highest BCUT2D eigenvalue weighted by Gasteiger charge is 2.03. The molecule has 0 bridgehead atoms. The van der Waals surface area contributed by atoms with Crippen molar-refractivity contribution in [3.05, 3.63) is 49.6 Å². The molecule has 1 amide bonds. The summed E-state index contributed by atoms with van der Waals surface area (Å²) in [6.45, 7) is 5.99. The van der Waals surface area contributed by atoms with Gasteiger partial charge < -0.3 is 4.74 Å². The van der Waals surface area contributed by atoms with Gasteiger partial charge in [-0.15, -0.1) is 11.3 Å². The van der Waals surface area contributed by atoms with Crippen LogP contribution in [0.5, 0.6) is 5.75 Å². The average molecular weight is 381 g/mol. The summed E-state index contributed by atoms with van der Waals surface area (Å²) in [5.74, 6) is 0.391. The van der Waals surface area contributed by atoms with Gasteiger partial charge >= 0.3 is 0 Å². The summed E-state index contributed by atoms with van der Waals surface area (Å²) in [6.07, 6.45) is 1.62. The number of nitrogens with zero attached hydrogens (tertiary/aromatic N) is 1. The van der Waals surface area contributed by atoms with Gasteiger partial charge in [0.15, 0.2) is 6.61 Å². The Hall–Kier alpha value is -1.66. The van der Waals surface area contributed by atoms with E-state index in [0.717, 1.165) is 14.9 Å². The predicted octanol–water partition coefficient (Wildman–Crippen LogP) is 3.96. The molecule has 1 N–H and O–H groups in total. The van der Waals surface area contributed by atoms with Gasteiger partial charge in [0.05, 0.1) is 6.21 Å². The Labute approximate surface area is 142 Å². The van der Waals surface area contributed by atoms with Crippen molar-refractivity contribution in [2.45, 2.75) is 20.8 Å². The maximum atomic E-state index is 11.7. The molecule has 0 fully saturated rings. The lowest BCUT2D eigenvalue weighted by Crippen LogP contribution is -2.24. The molecule has 4 nitrogen and oxygen atoms in total. The fourth-order valence-electron chi connectivity index (χ4n) is 1.70. The second-order valence-corrected chi connectivity index (χ2v) is 7.02. The van der Waals surface area contributed by atoms with Crippen molar-refractivity contribution in [2.24, 2.45) is 5.10 Å². The smallest absolute Gasteiger partial charge is 0.277 e. The van der Waals surface area contributed by atoms with Crippen molar-refractivity contribution in [1.82, 2.24) is 5.43 Å². The minimum atomic E-state index is -0.290. The van der Waals surface area contributed by atoms with Crippen molar-refractivity contribution in [3.8, 4) is 5.75 Å². The SMILES string of the molecule is Cc1ccc(OCC(=O)NN=Cc2cc(Br)c(C)s2)cc1C. The molecule has 22 heavy (non-hydrogen) atoms. The summed E-state index contributed by atoms with van der Waals surface area (Å²) in [5.41, 5.74) is 4.78. The fourth-order valence-corrected chi connectivity index (χ4v) is 3.13. The van der Waals surface area contributed by atoms with Crippen LogP contribution in [0.15, 0.2) is 33.8 Å². The van der Waals surface area contributed by atoms with Crippen LogP contribution in [0.4, 0.5) is 0 Å². The Kier molecular flexibility index (Phi) is 5.74. The van der Waals surface area contributed by atoms with E-state index >= 15 is 0 Å². The Morgan fingerprint density at radius 2 is 2.09 bits per heavy atom. The molecule has 1 heterocycles. The van der Waals surface area contributed by atoms with E-state index in [1.807, 2.05) is 45.0 Å². The molecular weight excluding hydrogens is 364 g/mol. The van der Waals surface area contributed by atoms with Crippen molar-refractivity contribution in [3.63, 3.8) is 0 Å². The largest absolute Gasteiger partial charge is 0.484 e. The van der Waals surface area contributed by atoms with Crippen LogP contribution in [0.1, 0.15) is 20.9 Å². The van der Waals surface area contributed by atoms with E-state index in [9.17, 15) is 4.79 Å². The third-order valence-electron chi connectivity index (χ3n) is 3.11. The van der Waals surface area contributed by atoms with Crippen LogP contribution in [0, 0.1) is 20.8 Å². The van der Waals surface area contributed by atoms with Gasteiger partial charge in [0.25, 0.3) is 5.91 Å². The Morgan fingerprint density at radius 3 is 2.73 bits per heavy atom. The minimum Gasteiger partial charge on any atom is -0.484 e. The number of rotatable bonds is 5. The van der Waals surface area contributed by atoms with E-state index in [-0.39, 0.29) is 12.5 Å².